The summed E-state index contributed by atoms with van der Waals surface area (Å²) in [5.41, 5.74) is 0.0185. The summed E-state index contributed by atoms with van der Waals surface area (Å²) in [6.45, 7) is 9.85. The summed E-state index contributed by atoms with van der Waals surface area (Å²) in [5.74, 6) is 0.538. The molecule has 2 aliphatic rings. The maximum atomic E-state index is 11.7. The van der Waals surface area contributed by atoms with Crippen molar-refractivity contribution >= 4 is 6.09 Å². The van der Waals surface area contributed by atoms with Gasteiger partial charge in [-0.1, -0.05) is 6.92 Å². The third-order valence-electron chi connectivity index (χ3n) is 4.01. The van der Waals surface area contributed by atoms with Crippen LogP contribution >= 0.6 is 0 Å². The first-order chi connectivity index (χ1) is 7.82. The standard InChI is InChI=1S/C13H24N2O2/c1-9-10(7-14-8-13(9)5-6-13)15-11(16)17-12(2,3)4/h9-10,14H,5-8H2,1-4H3,(H,15,16)/t9-,10?/m0/s1. The Kier molecular flexibility index (Phi) is 3.10. The van der Waals surface area contributed by atoms with Gasteiger partial charge in [-0.3, -0.25) is 0 Å². The molecule has 98 valence electrons. The fraction of sp³-hybridized carbons (Fsp3) is 0.923. The Hall–Kier alpha value is -0.770. The number of hydrogen-bond donors (Lipinski definition) is 2. The van der Waals surface area contributed by atoms with Crippen molar-refractivity contribution in [3.8, 4) is 0 Å². The number of carbonyl (C=O) groups is 1. The van der Waals surface area contributed by atoms with Crippen LogP contribution in [0.3, 0.4) is 0 Å². The van der Waals surface area contributed by atoms with E-state index in [0.717, 1.165) is 13.1 Å². The van der Waals surface area contributed by atoms with Crippen LogP contribution < -0.4 is 10.6 Å². The quantitative estimate of drug-likeness (QED) is 0.736. The Morgan fingerprint density at radius 2 is 2.06 bits per heavy atom. The first-order valence-electron chi connectivity index (χ1n) is 6.53. The van der Waals surface area contributed by atoms with Crippen molar-refractivity contribution in [1.29, 1.82) is 0 Å². The average molecular weight is 240 g/mol. The van der Waals surface area contributed by atoms with Crippen LogP contribution in [0.15, 0.2) is 0 Å². The molecule has 2 rings (SSSR count). The summed E-state index contributed by atoms with van der Waals surface area (Å²) < 4.78 is 5.30. The van der Waals surface area contributed by atoms with E-state index in [2.05, 4.69) is 17.6 Å². The lowest BCUT2D eigenvalue weighted by Gasteiger charge is -2.37. The van der Waals surface area contributed by atoms with Crippen LogP contribution in [0.25, 0.3) is 0 Å². The molecule has 4 heteroatoms. The number of rotatable bonds is 1. The van der Waals surface area contributed by atoms with Crippen molar-refractivity contribution in [2.45, 2.75) is 52.2 Å². The Balaban J connectivity index is 1.88. The Labute approximate surface area is 103 Å². The van der Waals surface area contributed by atoms with Gasteiger partial charge in [0, 0.05) is 19.1 Å². The lowest BCUT2D eigenvalue weighted by atomic mass is 9.81. The summed E-state index contributed by atoms with van der Waals surface area (Å²) in [6.07, 6.45) is 2.27. The van der Waals surface area contributed by atoms with Crippen molar-refractivity contribution in [1.82, 2.24) is 10.6 Å². The summed E-state index contributed by atoms with van der Waals surface area (Å²) in [6, 6.07) is 0.195. The van der Waals surface area contributed by atoms with E-state index in [0.29, 0.717) is 11.3 Å². The van der Waals surface area contributed by atoms with E-state index in [4.69, 9.17) is 4.74 Å². The van der Waals surface area contributed by atoms with Gasteiger partial charge < -0.3 is 15.4 Å². The van der Waals surface area contributed by atoms with Crippen molar-refractivity contribution < 1.29 is 9.53 Å². The number of ether oxygens (including phenoxy) is 1. The smallest absolute Gasteiger partial charge is 0.407 e. The molecule has 0 aromatic rings. The molecule has 1 aliphatic heterocycles. The Bertz CT molecular complexity index is 305. The molecule has 1 saturated carbocycles. The number of alkyl carbamates (subject to hydrolysis) is 1. The molecule has 2 atom stereocenters. The lowest BCUT2D eigenvalue weighted by Crippen LogP contribution is -2.55. The van der Waals surface area contributed by atoms with E-state index in [1.54, 1.807) is 0 Å². The van der Waals surface area contributed by atoms with Gasteiger partial charge in [0.25, 0.3) is 0 Å². The van der Waals surface area contributed by atoms with E-state index >= 15 is 0 Å². The van der Waals surface area contributed by atoms with E-state index in [-0.39, 0.29) is 12.1 Å². The molecule has 1 unspecified atom stereocenters. The minimum atomic E-state index is -0.424. The third kappa shape index (κ3) is 2.92. The highest BCUT2D eigenvalue weighted by molar-refractivity contribution is 5.68. The summed E-state index contributed by atoms with van der Waals surface area (Å²) >= 11 is 0. The molecule has 1 amide bonds. The van der Waals surface area contributed by atoms with Crippen molar-refractivity contribution in [2.24, 2.45) is 11.3 Å². The summed E-state index contributed by atoms with van der Waals surface area (Å²) in [4.78, 5) is 11.7. The van der Waals surface area contributed by atoms with Gasteiger partial charge in [-0.05, 0) is 44.9 Å². The highest BCUT2D eigenvalue weighted by Crippen LogP contribution is 2.53. The van der Waals surface area contributed by atoms with Crippen LogP contribution in [0.4, 0.5) is 4.79 Å². The predicted molar refractivity (Wildman–Crippen MR) is 66.9 cm³/mol. The van der Waals surface area contributed by atoms with Gasteiger partial charge in [0.2, 0.25) is 0 Å². The topological polar surface area (TPSA) is 50.4 Å². The van der Waals surface area contributed by atoms with E-state index in [9.17, 15) is 4.79 Å². The molecule has 0 radical (unpaired) electrons. The first-order valence-corrected chi connectivity index (χ1v) is 6.53. The lowest BCUT2D eigenvalue weighted by molar-refractivity contribution is 0.0453. The monoisotopic (exact) mass is 240 g/mol. The molecule has 4 nitrogen and oxygen atoms in total. The number of hydrogen-bond acceptors (Lipinski definition) is 3. The Morgan fingerprint density at radius 1 is 1.41 bits per heavy atom. The van der Waals surface area contributed by atoms with Crippen molar-refractivity contribution in [3.05, 3.63) is 0 Å². The molecule has 0 bridgehead atoms. The highest BCUT2D eigenvalue weighted by Gasteiger charge is 2.51. The number of carbonyl (C=O) groups excluding carboxylic acids is 1. The normalized spacial score (nSPS) is 31.1. The maximum absolute atomic E-state index is 11.7. The second kappa shape index (κ2) is 4.16. The molecule has 1 saturated heterocycles. The predicted octanol–water partition coefficient (Wildman–Crippen LogP) is 1.90. The van der Waals surface area contributed by atoms with Crippen LogP contribution in [-0.2, 0) is 4.74 Å². The van der Waals surface area contributed by atoms with Crippen LogP contribution in [0.5, 0.6) is 0 Å². The molecule has 2 fully saturated rings. The van der Waals surface area contributed by atoms with Crippen LogP contribution in [0.1, 0.15) is 40.5 Å². The molecule has 0 aromatic carbocycles. The molecule has 17 heavy (non-hydrogen) atoms. The van der Waals surface area contributed by atoms with Gasteiger partial charge in [0.05, 0.1) is 0 Å². The maximum Gasteiger partial charge on any atom is 0.407 e. The fourth-order valence-electron chi connectivity index (χ4n) is 2.67. The van der Waals surface area contributed by atoms with E-state index in [1.165, 1.54) is 12.8 Å². The molecular weight excluding hydrogens is 216 g/mol. The minimum absolute atomic E-state index is 0.195. The van der Waals surface area contributed by atoms with Gasteiger partial charge >= 0.3 is 6.09 Å². The van der Waals surface area contributed by atoms with Crippen LogP contribution in [0, 0.1) is 11.3 Å². The zero-order valence-electron chi connectivity index (χ0n) is 11.3. The zero-order chi connectivity index (χ0) is 12.7. The van der Waals surface area contributed by atoms with Gasteiger partial charge in [-0.15, -0.1) is 0 Å². The Morgan fingerprint density at radius 3 is 2.59 bits per heavy atom. The molecule has 1 heterocycles. The molecule has 1 spiro atoms. The summed E-state index contributed by atoms with van der Waals surface area (Å²) in [5, 5.41) is 6.41. The van der Waals surface area contributed by atoms with Gasteiger partial charge in [0.1, 0.15) is 5.60 Å². The van der Waals surface area contributed by atoms with Crippen molar-refractivity contribution in [2.75, 3.05) is 13.1 Å². The van der Waals surface area contributed by atoms with Gasteiger partial charge in [-0.25, -0.2) is 4.79 Å². The highest BCUT2D eigenvalue weighted by atomic mass is 16.6. The SMILES string of the molecule is C[C@H]1C(NC(=O)OC(C)(C)C)CNCC12CC2. The molecule has 2 N–H and O–H groups in total. The van der Waals surface area contributed by atoms with Gasteiger partial charge in [0.15, 0.2) is 0 Å². The number of amides is 1. The van der Waals surface area contributed by atoms with E-state index < -0.39 is 5.60 Å². The van der Waals surface area contributed by atoms with Gasteiger partial charge in [-0.2, -0.15) is 0 Å². The largest absolute Gasteiger partial charge is 0.444 e. The molecule has 0 aromatic heterocycles. The van der Waals surface area contributed by atoms with Crippen LogP contribution in [0.2, 0.25) is 0 Å². The fourth-order valence-corrected chi connectivity index (χ4v) is 2.67. The summed E-state index contributed by atoms with van der Waals surface area (Å²) in [7, 11) is 0. The number of nitrogens with one attached hydrogen (secondary N) is 2. The number of piperidine rings is 1. The molecular formula is C13H24N2O2. The average Bonchev–Trinajstić information content (AvgIpc) is 2.91. The zero-order valence-corrected chi connectivity index (χ0v) is 11.3. The van der Waals surface area contributed by atoms with Crippen molar-refractivity contribution in [3.63, 3.8) is 0 Å². The third-order valence-corrected chi connectivity index (χ3v) is 4.01. The first kappa shape index (κ1) is 12.7. The minimum Gasteiger partial charge on any atom is -0.444 e. The second-order valence-electron chi connectivity index (χ2n) is 6.53. The van der Waals surface area contributed by atoms with Crippen LogP contribution in [-0.4, -0.2) is 30.8 Å². The van der Waals surface area contributed by atoms with E-state index in [1.807, 2.05) is 20.8 Å². The second-order valence-corrected chi connectivity index (χ2v) is 6.53. The molecule has 1 aliphatic carbocycles.